The topological polar surface area (TPSA) is 81.1 Å². The van der Waals surface area contributed by atoms with Crippen molar-refractivity contribution in [2.75, 3.05) is 13.6 Å². The first-order chi connectivity index (χ1) is 9.88. The first kappa shape index (κ1) is 15.3. The number of benzene rings is 1. The molecule has 6 nitrogen and oxygen atoms in total. The fourth-order valence-corrected chi connectivity index (χ4v) is 2.51. The van der Waals surface area contributed by atoms with Crippen molar-refractivity contribution in [3.8, 4) is 0 Å². The van der Waals surface area contributed by atoms with Crippen LogP contribution in [0.5, 0.6) is 0 Å². The number of carboxylic acids is 1. The minimum atomic E-state index is -1.08. The van der Waals surface area contributed by atoms with Gasteiger partial charge >= 0.3 is 12.0 Å². The van der Waals surface area contributed by atoms with E-state index in [4.69, 9.17) is 5.11 Å². The van der Waals surface area contributed by atoms with Crippen molar-refractivity contribution in [2.24, 2.45) is 0 Å². The summed E-state index contributed by atoms with van der Waals surface area (Å²) in [6.45, 7) is 2.45. The van der Waals surface area contributed by atoms with Crippen LogP contribution in [0.3, 0.4) is 0 Å². The molecule has 0 bridgehead atoms. The van der Waals surface area contributed by atoms with E-state index in [0.717, 1.165) is 11.1 Å². The Balaban J connectivity index is 2.04. The Hall–Kier alpha value is -2.08. The van der Waals surface area contributed by atoms with E-state index < -0.39 is 18.1 Å². The molecule has 0 saturated carbocycles. The third-order valence-corrected chi connectivity index (χ3v) is 3.68. The van der Waals surface area contributed by atoms with Gasteiger partial charge in [0.05, 0.1) is 6.10 Å². The lowest BCUT2D eigenvalue weighted by Crippen LogP contribution is -2.46. The first-order valence-electron chi connectivity index (χ1n) is 6.86. The molecular weight excluding hydrogens is 272 g/mol. The van der Waals surface area contributed by atoms with Crippen LogP contribution in [-0.2, 0) is 11.3 Å². The zero-order chi connectivity index (χ0) is 15.6. The number of β-amino-alcohol motifs (C(OH)–C–C–N with tert-alkyl or cyclic N) is 1. The number of carboxylic acid groups (broad SMARTS) is 1. The highest BCUT2D eigenvalue weighted by atomic mass is 16.4. The van der Waals surface area contributed by atoms with E-state index in [-0.39, 0.29) is 19.0 Å². The van der Waals surface area contributed by atoms with Crippen LogP contribution in [0.25, 0.3) is 0 Å². The second kappa shape index (κ2) is 6.13. The Bertz CT molecular complexity index is 529. The summed E-state index contributed by atoms with van der Waals surface area (Å²) in [5, 5.41) is 18.7. The number of hydrogen-bond donors (Lipinski definition) is 2. The predicted molar refractivity (Wildman–Crippen MR) is 76.8 cm³/mol. The van der Waals surface area contributed by atoms with Gasteiger partial charge in [-0.3, -0.25) is 0 Å². The van der Waals surface area contributed by atoms with Crippen LogP contribution in [0.15, 0.2) is 24.3 Å². The molecule has 114 valence electrons. The lowest BCUT2D eigenvalue weighted by Gasteiger charge is -2.27. The number of carbonyl (C=O) groups excluding carboxylic acids is 1. The average Bonchev–Trinajstić information content (AvgIpc) is 2.82. The summed E-state index contributed by atoms with van der Waals surface area (Å²) < 4.78 is 0. The highest BCUT2D eigenvalue weighted by Gasteiger charge is 2.39. The number of likely N-dealkylation sites (tertiary alicyclic amines) is 1. The van der Waals surface area contributed by atoms with Crippen molar-refractivity contribution in [3.05, 3.63) is 35.4 Å². The lowest BCUT2D eigenvalue weighted by molar-refractivity contribution is -0.141. The van der Waals surface area contributed by atoms with Crippen molar-refractivity contribution in [2.45, 2.75) is 32.0 Å². The molecule has 21 heavy (non-hydrogen) atoms. The van der Waals surface area contributed by atoms with E-state index in [0.29, 0.717) is 6.54 Å². The second-order valence-electron chi connectivity index (χ2n) is 5.52. The van der Waals surface area contributed by atoms with Gasteiger partial charge in [0.2, 0.25) is 0 Å². The minimum Gasteiger partial charge on any atom is -0.480 e. The number of nitrogens with zero attached hydrogens (tertiary/aromatic N) is 2. The van der Waals surface area contributed by atoms with Crippen molar-refractivity contribution in [3.63, 3.8) is 0 Å². The van der Waals surface area contributed by atoms with Gasteiger partial charge in [-0.05, 0) is 12.5 Å². The largest absolute Gasteiger partial charge is 0.480 e. The van der Waals surface area contributed by atoms with Crippen LogP contribution < -0.4 is 0 Å². The molecular formula is C15H20N2O4. The zero-order valence-electron chi connectivity index (χ0n) is 12.2. The van der Waals surface area contributed by atoms with Crippen LogP contribution in [-0.4, -0.2) is 57.8 Å². The summed E-state index contributed by atoms with van der Waals surface area (Å²) in [7, 11) is 1.63. The van der Waals surface area contributed by atoms with Crippen LogP contribution in [0.4, 0.5) is 4.79 Å². The molecule has 2 rings (SSSR count). The molecule has 6 heteroatoms. The van der Waals surface area contributed by atoms with Gasteiger partial charge in [-0.25, -0.2) is 9.59 Å². The Kier molecular flexibility index (Phi) is 4.47. The smallest absolute Gasteiger partial charge is 0.326 e. The maximum atomic E-state index is 12.4. The number of hydrogen-bond acceptors (Lipinski definition) is 3. The van der Waals surface area contributed by atoms with Gasteiger partial charge in [0, 0.05) is 26.6 Å². The molecule has 0 spiro atoms. The highest BCUT2D eigenvalue weighted by Crippen LogP contribution is 2.20. The highest BCUT2D eigenvalue weighted by molar-refractivity contribution is 5.83. The molecule has 2 amide bonds. The van der Waals surface area contributed by atoms with Gasteiger partial charge in [0.1, 0.15) is 6.04 Å². The van der Waals surface area contributed by atoms with Crippen molar-refractivity contribution in [1.29, 1.82) is 0 Å². The molecule has 1 heterocycles. The molecule has 1 aliphatic rings. The Morgan fingerprint density at radius 2 is 1.95 bits per heavy atom. The van der Waals surface area contributed by atoms with Crippen LogP contribution in [0.1, 0.15) is 17.5 Å². The quantitative estimate of drug-likeness (QED) is 0.873. The third kappa shape index (κ3) is 3.52. The maximum Gasteiger partial charge on any atom is 0.326 e. The summed E-state index contributed by atoms with van der Waals surface area (Å²) in [4.78, 5) is 26.2. The Morgan fingerprint density at radius 1 is 1.33 bits per heavy atom. The molecule has 2 N–H and O–H groups in total. The van der Waals surface area contributed by atoms with Crippen molar-refractivity contribution in [1.82, 2.24) is 9.80 Å². The van der Waals surface area contributed by atoms with E-state index in [9.17, 15) is 14.7 Å². The molecule has 0 aromatic heterocycles. The zero-order valence-corrected chi connectivity index (χ0v) is 12.2. The van der Waals surface area contributed by atoms with Gasteiger partial charge in [0.15, 0.2) is 0 Å². The average molecular weight is 292 g/mol. The summed E-state index contributed by atoms with van der Waals surface area (Å²) in [5.74, 6) is -1.08. The summed E-state index contributed by atoms with van der Waals surface area (Å²) >= 11 is 0. The van der Waals surface area contributed by atoms with E-state index in [1.54, 1.807) is 7.05 Å². The van der Waals surface area contributed by atoms with E-state index in [1.807, 2.05) is 31.2 Å². The number of aliphatic carboxylic acids is 1. The monoisotopic (exact) mass is 292 g/mol. The number of amides is 2. The Labute approximate surface area is 123 Å². The fourth-order valence-electron chi connectivity index (χ4n) is 2.51. The molecule has 1 aromatic carbocycles. The lowest BCUT2D eigenvalue weighted by atomic mass is 10.1. The standard InChI is InChI=1S/C15H20N2O4/c1-10-3-5-11(6-4-10)8-16(2)15(21)17-9-12(18)7-13(17)14(19)20/h3-6,12-13,18H,7-9H2,1-2H3,(H,19,20)/t12-,13+/m1/s1. The third-order valence-electron chi connectivity index (χ3n) is 3.68. The van der Waals surface area contributed by atoms with Gasteiger partial charge in [-0.1, -0.05) is 29.8 Å². The molecule has 0 radical (unpaired) electrons. The van der Waals surface area contributed by atoms with Crippen LogP contribution in [0, 0.1) is 6.92 Å². The van der Waals surface area contributed by atoms with Gasteiger partial charge < -0.3 is 20.0 Å². The predicted octanol–water partition coefficient (Wildman–Crippen LogP) is 1.07. The fraction of sp³-hybridized carbons (Fsp3) is 0.467. The molecule has 0 aliphatic carbocycles. The van der Waals surface area contributed by atoms with Crippen LogP contribution >= 0.6 is 0 Å². The van der Waals surface area contributed by atoms with Crippen molar-refractivity contribution >= 4 is 12.0 Å². The van der Waals surface area contributed by atoms with Gasteiger partial charge in [-0.15, -0.1) is 0 Å². The SMILES string of the molecule is Cc1ccc(CN(C)C(=O)N2C[C@H](O)C[C@H]2C(=O)O)cc1. The molecule has 1 fully saturated rings. The first-order valence-corrected chi connectivity index (χ1v) is 6.86. The minimum absolute atomic E-state index is 0.0635. The molecule has 1 saturated heterocycles. The number of urea groups is 1. The van der Waals surface area contributed by atoms with E-state index in [2.05, 4.69) is 0 Å². The number of carbonyl (C=O) groups is 2. The van der Waals surface area contributed by atoms with Gasteiger partial charge in [-0.2, -0.15) is 0 Å². The summed E-state index contributed by atoms with van der Waals surface area (Å²) in [6.07, 6.45) is -0.692. The van der Waals surface area contributed by atoms with Crippen molar-refractivity contribution < 1.29 is 19.8 Å². The van der Waals surface area contributed by atoms with Gasteiger partial charge in [0.25, 0.3) is 0 Å². The van der Waals surface area contributed by atoms with E-state index >= 15 is 0 Å². The molecule has 1 aliphatic heterocycles. The number of aryl methyl sites for hydroxylation is 1. The van der Waals surface area contributed by atoms with Crippen LogP contribution in [0.2, 0.25) is 0 Å². The number of rotatable bonds is 3. The number of aliphatic hydroxyl groups excluding tert-OH is 1. The maximum absolute atomic E-state index is 12.4. The summed E-state index contributed by atoms with van der Waals surface area (Å²) in [5.41, 5.74) is 2.12. The number of aliphatic hydroxyl groups is 1. The summed E-state index contributed by atoms with van der Waals surface area (Å²) in [6, 6.07) is 6.48. The second-order valence-corrected chi connectivity index (χ2v) is 5.52. The normalized spacial score (nSPS) is 21.4. The van der Waals surface area contributed by atoms with E-state index in [1.165, 1.54) is 9.80 Å². The Morgan fingerprint density at radius 3 is 2.52 bits per heavy atom. The molecule has 1 aromatic rings. The molecule has 0 unspecified atom stereocenters. The molecule has 2 atom stereocenters.